The first-order valence-electron chi connectivity index (χ1n) is 9.63. The molecule has 0 spiro atoms. The van der Waals surface area contributed by atoms with Crippen molar-refractivity contribution in [2.24, 2.45) is 0 Å². The Morgan fingerprint density at radius 3 is 2.77 bits per heavy atom. The Bertz CT molecular complexity index is 1320. The van der Waals surface area contributed by atoms with E-state index in [1.807, 2.05) is 62.2 Å². The molecule has 0 saturated heterocycles. The Labute approximate surface area is 192 Å². The molecule has 9 heteroatoms. The van der Waals surface area contributed by atoms with E-state index >= 15 is 0 Å². The number of halogens is 1. The Morgan fingerprint density at radius 1 is 1.23 bits per heavy atom. The predicted molar refractivity (Wildman–Crippen MR) is 129 cm³/mol. The minimum Gasteiger partial charge on any atom is -0.325 e. The van der Waals surface area contributed by atoms with Crippen molar-refractivity contribution in [3.05, 3.63) is 66.4 Å². The van der Waals surface area contributed by atoms with Crippen LogP contribution in [-0.2, 0) is 11.3 Å². The van der Waals surface area contributed by atoms with Crippen LogP contribution in [0.1, 0.15) is 15.3 Å². The van der Waals surface area contributed by atoms with Gasteiger partial charge in [0.25, 0.3) is 5.56 Å². The van der Waals surface area contributed by atoms with Gasteiger partial charge in [-0.15, -0.1) is 22.7 Å². The molecule has 0 bridgehead atoms. The quantitative estimate of drug-likeness (QED) is 0.411. The molecule has 0 fully saturated rings. The Kier molecular flexibility index (Phi) is 6.24. The summed E-state index contributed by atoms with van der Waals surface area (Å²) in [6.45, 7) is 4.82. The normalized spacial score (nSPS) is 11.4. The molecule has 1 amide bonds. The van der Waals surface area contributed by atoms with Crippen molar-refractivity contribution in [3.63, 3.8) is 0 Å². The minimum absolute atomic E-state index is 0.122. The maximum absolute atomic E-state index is 12.6. The zero-order chi connectivity index (χ0) is 22.1. The molecule has 1 aromatic carbocycles. The lowest BCUT2D eigenvalue weighted by Crippen LogP contribution is -2.29. The summed E-state index contributed by atoms with van der Waals surface area (Å²) < 4.78 is 0.738. The van der Waals surface area contributed by atoms with E-state index < -0.39 is 0 Å². The number of hydrogen-bond donors (Lipinski definition) is 2. The summed E-state index contributed by atoms with van der Waals surface area (Å²) in [5.74, 6) is 0.366. The van der Waals surface area contributed by atoms with Gasteiger partial charge in [-0.05, 0) is 50.7 Å². The summed E-state index contributed by atoms with van der Waals surface area (Å²) in [7, 11) is 1.89. The fraction of sp³-hybridized carbons (Fsp3) is 0.227. The summed E-state index contributed by atoms with van der Waals surface area (Å²) in [6, 6.07) is 11.1. The van der Waals surface area contributed by atoms with E-state index in [-0.39, 0.29) is 18.0 Å². The van der Waals surface area contributed by atoms with Gasteiger partial charge < -0.3 is 10.3 Å². The molecule has 4 rings (SSSR count). The van der Waals surface area contributed by atoms with E-state index in [0.29, 0.717) is 23.4 Å². The average Bonchev–Trinajstić information content (AvgIpc) is 3.24. The van der Waals surface area contributed by atoms with Crippen LogP contribution in [0.5, 0.6) is 0 Å². The lowest BCUT2D eigenvalue weighted by Gasteiger charge is -2.15. The Morgan fingerprint density at radius 2 is 2.03 bits per heavy atom. The van der Waals surface area contributed by atoms with Crippen LogP contribution in [0.15, 0.2) is 41.2 Å². The van der Waals surface area contributed by atoms with Crippen molar-refractivity contribution < 1.29 is 4.79 Å². The minimum atomic E-state index is -0.147. The molecule has 0 aliphatic rings. The van der Waals surface area contributed by atoms with Crippen molar-refractivity contribution in [2.45, 2.75) is 20.4 Å². The number of likely N-dealkylation sites (N-methyl/N-ethyl adjacent to an activating group) is 1. The summed E-state index contributed by atoms with van der Waals surface area (Å²) in [4.78, 5) is 37.4. The van der Waals surface area contributed by atoms with Gasteiger partial charge in [0.05, 0.1) is 16.3 Å². The number of hydrogen-bond acceptors (Lipinski definition) is 6. The third-order valence-corrected chi connectivity index (χ3v) is 7.24. The van der Waals surface area contributed by atoms with Gasteiger partial charge >= 0.3 is 0 Å². The summed E-state index contributed by atoms with van der Waals surface area (Å²) in [5.41, 5.74) is 2.21. The van der Waals surface area contributed by atoms with E-state index in [1.165, 1.54) is 22.7 Å². The second kappa shape index (κ2) is 8.92. The van der Waals surface area contributed by atoms with Crippen LogP contribution >= 0.6 is 34.3 Å². The number of carbonyl (C=O) groups excluding carboxylic acids is 1. The number of aromatic amines is 1. The second-order valence-electron chi connectivity index (χ2n) is 7.39. The van der Waals surface area contributed by atoms with Crippen LogP contribution in [0.4, 0.5) is 5.69 Å². The number of carbonyl (C=O) groups is 1. The Balaban J connectivity index is 1.49. The number of rotatable bonds is 6. The molecule has 3 heterocycles. The molecule has 160 valence electrons. The summed E-state index contributed by atoms with van der Waals surface area (Å²) >= 11 is 8.99. The molecule has 2 N–H and O–H groups in total. The van der Waals surface area contributed by atoms with Gasteiger partial charge in [0.2, 0.25) is 5.91 Å². The van der Waals surface area contributed by atoms with Crippen molar-refractivity contribution in [1.29, 1.82) is 0 Å². The first-order valence-corrected chi connectivity index (χ1v) is 11.6. The number of thiophene rings is 2. The molecule has 0 saturated carbocycles. The first kappa shape index (κ1) is 21.7. The highest BCUT2D eigenvalue weighted by Gasteiger charge is 2.14. The van der Waals surface area contributed by atoms with E-state index in [0.717, 1.165) is 30.0 Å². The SMILES string of the molecule is Cc1sc2nc(-c3cccc(NC(=O)CN(C)Cc4ccc(Cl)s4)c3)[nH]c(=O)c2c1C. The number of H-pyrrole nitrogens is 1. The molecule has 0 aliphatic carbocycles. The van der Waals surface area contributed by atoms with Gasteiger partial charge in [-0.1, -0.05) is 23.7 Å². The van der Waals surface area contributed by atoms with Gasteiger partial charge in [0, 0.05) is 27.5 Å². The number of anilines is 1. The second-order valence-corrected chi connectivity index (χ2v) is 10.4. The molecular weight excluding hydrogens is 452 g/mol. The van der Waals surface area contributed by atoms with Crippen molar-refractivity contribution >= 4 is 56.1 Å². The maximum Gasteiger partial charge on any atom is 0.260 e. The first-order chi connectivity index (χ1) is 14.8. The van der Waals surface area contributed by atoms with Gasteiger partial charge in [0.15, 0.2) is 0 Å². The molecule has 0 radical (unpaired) electrons. The largest absolute Gasteiger partial charge is 0.325 e. The highest BCUT2D eigenvalue weighted by molar-refractivity contribution is 7.18. The molecule has 31 heavy (non-hydrogen) atoms. The zero-order valence-electron chi connectivity index (χ0n) is 17.3. The molecule has 6 nitrogen and oxygen atoms in total. The highest BCUT2D eigenvalue weighted by atomic mass is 35.5. The topological polar surface area (TPSA) is 78.1 Å². The monoisotopic (exact) mass is 472 g/mol. The number of fused-ring (bicyclic) bond motifs is 1. The van der Waals surface area contributed by atoms with Crippen molar-refractivity contribution in [3.8, 4) is 11.4 Å². The van der Waals surface area contributed by atoms with E-state index in [2.05, 4.69) is 15.3 Å². The highest BCUT2D eigenvalue weighted by Crippen LogP contribution is 2.28. The molecule has 3 aromatic heterocycles. The molecule has 4 aromatic rings. The van der Waals surface area contributed by atoms with Crippen molar-refractivity contribution in [2.75, 3.05) is 18.9 Å². The number of aromatic nitrogens is 2. The summed E-state index contributed by atoms with van der Waals surface area (Å²) in [6.07, 6.45) is 0. The third-order valence-electron chi connectivity index (χ3n) is 4.93. The van der Waals surface area contributed by atoms with Gasteiger partial charge in [0.1, 0.15) is 10.7 Å². The number of aryl methyl sites for hydroxylation is 2. The zero-order valence-corrected chi connectivity index (χ0v) is 19.7. The number of nitrogens with one attached hydrogen (secondary N) is 2. The van der Waals surface area contributed by atoms with Crippen LogP contribution in [0.3, 0.4) is 0 Å². The molecule has 0 atom stereocenters. The average molecular weight is 473 g/mol. The molecular formula is C22H21ClN4O2S2. The standard InChI is InChI=1S/C22H21ClN4O2S2/c1-12-13(2)30-22-19(12)21(29)25-20(26-22)14-5-4-6-15(9-14)24-18(28)11-27(3)10-16-7-8-17(23)31-16/h4-9H,10-11H2,1-3H3,(H,24,28)(H,25,26,29). The molecule has 0 aliphatic heterocycles. The lowest BCUT2D eigenvalue weighted by molar-refractivity contribution is -0.117. The number of benzene rings is 1. The van der Waals surface area contributed by atoms with E-state index in [4.69, 9.17) is 11.6 Å². The van der Waals surface area contributed by atoms with E-state index in [9.17, 15) is 9.59 Å². The maximum atomic E-state index is 12.6. The number of nitrogens with zero attached hydrogens (tertiary/aromatic N) is 2. The van der Waals surface area contributed by atoms with E-state index in [1.54, 1.807) is 0 Å². The van der Waals surface area contributed by atoms with Crippen LogP contribution < -0.4 is 10.9 Å². The van der Waals surface area contributed by atoms with Crippen LogP contribution in [0, 0.1) is 13.8 Å². The van der Waals surface area contributed by atoms with Crippen LogP contribution in [0.2, 0.25) is 4.34 Å². The third kappa shape index (κ3) is 4.88. The number of amides is 1. The Hall–Kier alpha value is -2.52. The van der Waals surface area contributed by atoms with Crippen LogP contribution in [0.25, 0.3) is 21.6 Å². The van der Waals surface area contributed by atoms with Crippen molar-refractivity contribution in [1.82, 2.24) is 14.9 Å². The van der Waals surface area contributed by atoms with Gasteiger partial charge in [-0.25, -0.2) is 4.98 Å². The fourth-order valence-electron chi connectivity index (χ4n) is 3.34. The molecule has 0 unspecified atom stereocenters. The lowest BCUT2D eigenvalue weighted by atomic mass is 10.1. The van der Waals surface area contributed by atoms with Crippen LogP contribution in [-0.4, -0.2) is 34.4 Å². The fourth-order valence-corrected chi connectivity index (χ4v) is 5.54. The smallest absolute Gasteiger partial charge is 0.260 e. The van der Waals surface area contributed by atoms with Gasteiger partial charge in [-0.3, -0.25) is 14.5 Å². The summed E-state index contributed by atoms with van der Waals surface area (Å²) in [5, 5.41) is 3.56. The van der Waals surface area contributed by atoms with Gasteiger partial charge in [-0.2, -0.15) is 0 Å². The predicted octanol–water partition coefficient (Wildman–Crippen LogP) is 5.05.